The molecule has 0 saturated carbocycles. The summed E-state index contributed by atoms with van der Waals surface area (Å²) in [7, 11) is 0. The minimum absolute atomic E-state index is 2.35. The molecule has 0 unspecified atom stereocenters. The van der Waals surface area contributed by atoms with Crippen molar-refractivity contribution >= 4 is 23.2 Å². The molecule has 0 aromatic carbocycles. The van der Waals surface area contributed by atoms with Crippen molar-refractivity contribution in [3.8, 4) is 0 Å². The van der Waals surface area contributed by atoms with Gasteiger partial charge in [-0.2, -0.15) is 79.0 Å². The predicted octanol–water partition coefficient (Wildman–Crippen LogP) is 9.23. The van der Waals surface area contributed by atoms with Crippen LogP contribution in [0, 0.1) is 0 Å². The van der Waals surface area contributed by atoms with Gasteiger partial charge in [-0.05, 0) is 23.2 Å². The Morgan fingerprint density at radius 3 is 0.794 bits per heavy atom. The van der Waals surface area contributed by atoms with Gasteiger partial charge in [0.15, 0.2) is 0 Å². The first-order valence-electron chi connectivity index (χ1n) is 6.60. The molecule has 200 valence electrons. The molecule has 0 atom stereocenters. The maximum absolute atomic E-state index is 12.3. The minimum Gasteiger partial charge on any atom is -0.398 e. The lowest BCUT2D eigenvalue weighted by atomic mass is 10.3. The first kappa shape index (κ1) is 34.0. The molecule has 0 fully saturated rings. The minimum atomic E-state index is -6.20. The van der Waals surface area contributed by atoms with Crippen molar-refractivity contribution in [2.45, 2.75) is 24.1 Å². The zero-order valence-electron chi connectivity index (χ0n) is 14.4. The van der Waals surface area contributed by atoms with E-state index in [0.29, 0.717) is 0 Å². The summed E-state index contributed by atoms with van der Waals surface area (Å²) in [6.07, 6.45) is -19.7. The van der Waals surface area contributed by atoms with Gasteiger partial charge in [0, 0.05) is 0 Å². The molecular formula is C12Cl2F18O2. The topological polar surface area (TPSA) is 18.5 Å². The van der Waals surface area contributed by atoms with Crippen LogP contribution in [0.4, 0.5) is 79.0 Å². The van der Waals surface area contributed by atoms with Crippen molar-refractivity contribution in [2.75, 3.05) is 0 Å². The zero-order chi connectivity index (χ0) is 28.0. The fourth-order valence-corrected chi connectivity index (χ4v) is 1.00. The Kier molecular flexibility index (Phi) is 12.0. The molecule has 0 aliphatic rings. The van der Waals surface area contributed by atoms with Crippen molar-refractivity contribution in [3.63, 3.8) is 0 Å². The van der Waals surface area contributed by atoms with Crippen molar-refractivity contribution in [1.82, 2.24) is 0 Å². The van der Waals surface area contributed by atoms with E-state index in [4.69, 9.17) is 0 Å². The third kappa shape index (κ3) is 8.58. The lowest BCUT2D eigenvalue weighted by Crippen LogP contribution is -2.43. The highest BCUT2D eigenvalue weighted by molar-refractivity contribution is 6.28. The van der Waals surface area contributed by atoms with Gasteiger partial charge in [0.05, 0.1) is 0 Å². The number of hydrogen-bond donors (Lipinski definition) is 0. The largest absolute Gasteiger partial charge is 0.473 e. The van der Waals surface area contributed by atoms with Gasteiger partial charge >= 0.3 is 48.2 Å². The van der Waals surface area contributed by atoms with Crippen LogP contribution < -0.4 is 0 Å². The van der Waals surface area contributed by atoms with E-state index in [-0.39, 0.29) is 0 Å². The van der Waals surface area contributed by atoms with E-state index in [1.165, 1.54) is 0 Å². The van der Waals surface area contributed by atoms with Crippen LogP contribution in [0.3, 0.4) is 0 Å². The van der Waals surface area contributed by atoms with E-state index in [0.717, 1.165) is 0 Å². The van der Waals surface area contributed by atoms with Crippen molar-refractivity contribution in [3.05, 3.63) is 46.4 Å². The maximum atomic E-state index is 12.3. The van der Waals surface area contributed by atoms with Gasteiger partial charge < -0.3 is 9.47 Å². The van der Waals surface area contributed by atoms with Crippen LogP contribution in [0.5, 0.6) is 0 Å². The number of hydrogen-bond acceptors (Lipinski definition) is 2. The molecule has 0 saturated heterocycles. The zero-order valence-corrected chi connectivity index (χ0v) is 15.9. The van der Waals surface area contributed by atoms with E-state index in [2.05, 4.69) is 32.7 Å². The molecule has 0 heterocycles. The molecule has 22 heteroatoms. The molecule has 0 aliphatic carbocycles. The molecule has 0 aliphatic heterocycles. The van der Waals surface area contributed by atoms with Crippen LogP contribution in [-0.2, 0) is 9.47 Å². The Balaban J connectivity index is 0. The van der Waals surface area contributed by atoms with Crippen LogP contribution >= 0.6 is 23.2 Å². The average molecular weight is 589 g/mol. The van der Waals surface area contributed by atoms with E-state index in [1.807, 2.05) is 0 Å². The highest BCUT2D eigenvalue weighted by Crippen LogP contribution is 2.46. The number of ether oxygens (including phenoxy) is 2. The molecule has 0 bridgehead atoms. The monoisotopic (exact) mass is 588 g/mol. The Labute approximate surface area is 183 Å². The summed E-state index contributed by atoms with van der Waals surface area (Å²) in [6.45, 7) is 0. The summed E-state index contributed by atoms with van der Waals surface area (Å²) in [4.78, 5) is 0. The van der Waals surface area contributed by atoms with Crippen LogP contribution in [0.1, 0.15) is 0 Å². The summed E-state index contributed by atoms with van der Waals surface area (Å²) >= 11 is 8.21. The molecule has 0 spiro atoms. The van der Waals surface area contributed by atoms with Crippen LogP contribution in [0.25, 0.3) is 0 Å². The summed E-state index contributed by atoms with van der Waals surface area (Å²) in [5.74, 6) is -20.1. The van der Waals surface area contributed by atoms with Gasteiger partial charge in [0.2, 0.25) is 11.7 Å². The van der Waals surface area contributed by atoms with Gasteiger partial charge in [0.1, 0.15) is 0 Å². The average Bonchev–Trinajstić information content (AvgIpc) is 2.65. The molecule has 0 aromatic heterocycles. The molecule has 0 aromatic rings. The third-order valence-electron chi connectivity index (χ3n) is 2.35. The Bertz CT molecular complexity index is 775. The fourth-order valence-electron chi connectivity index (χ4n) is 0.923. The second kappa shape index (κ2) is 12.0. The van der Waals surface area contributed by atoms with Crippen molar-refractivity contribution in [2.24, 2.45) is 0 Å². The summed E-state index contributed by atoms with van der Waals surface area (Å²) in [6, 6.07) is -6.02. The highest BCUT2D eigenvalue weighted by atomic mass is 35.5. The van der Waals surface area contributed by atoms with E-state index in [9.17, 15) is 79.0 Å². The SMILES string of the molecule is FC(F)=C(F)C(F)(F)C(F)(F)O/C(F)=C(/F)Cl.FC(F)=C(F)C(F)(F)C(F)(F)O/C(F)=C(\F)Cl. The predicted molar refractivity (Wildman–Crippen MR) is 72.8 cm³/mol. The molecule has 2 nitrogen and oxygen atoms in total. The van der Waals surface area contributed by atoms with E-state index < -0.39 is 70.5 Å². The molecular weight excluding hydrogens is 589 g/mol. The van der Waals surface area contributed by atoms with E-state index >= 15 is 0 Å². The van der Waals surface area contributed by atoms with Crippen LogP contribution in [-0.4, -0.2) is 24.1 Å². The smallest absolute Gasteiger partial charge is 0.398 e. The second-order valence-corrected chi connectivity index (χ2v) is 5.27. The maximum Gasteiger partial charge on any atom is 0.473 e. The van der Waals surface area contributed by atoms with Crippen molar-refractivity contribution in [1.29, 1.82) is 0 Å². The molecule has 0 amide bonds. The van der Waals surface area contributed by atoms with Gasteiger partial charge in [-0.1, -0.05) is 0 Å². The Hall–Kier alpha value is -2.12. The fraction of sp³-hybridized carbons (Fsp3) is 0.333. The Morgan fingerprint density at radius 1 is 0.441 bits per heavy atom. The second-order valence-electron chi connectivity index (χ2n) is 4.60. The van der Waals surface area contributed by atoms with Crippen LogP contribution in [0.15, 0.2) is 46.4 Å². The number of alkyl halides is 8. The summed E-state index contributed by atoms with van der Waals surface area (Å²) in [5.41, 5.74) is 0. The summed E-state index contributed by atoms with van der Waals surface area (Å²) in [5, 5.41) is -5.16. The van der Waals surface area contributed by atoms with E-state index in [1.54, 1.807) is 0 Å². The molecule has 34 heavy (non-hydrogen) atoms. The first-order chi connectivity index (χ1) is 14.9. The first-order valence-corrected chi connectivity index (χ1v) is 7.35. The standard InChI is InChI=1S/2C6ClF9O/c2*7-2(9)4(12)17-6(15,16)5(13,14)1(8)3(10)11/b4-2+;4-2-. The Morgan fingerprint density at radius 2 is 0.647 bits per heavy atom. The van der Waals surface area contributed by atoms with Crippen molar-refractivity contribution < 1.29 is 88.5 Å². The van der Waals surface area contributed by atoms with Gasteiger partial charge in [-0.3, -0.25) is 0 Å². The lowest BCUT2D eigenvalue weighted by Gasteiger charge is -2.23. The highest BCUT2D eigenvalue weighted by Gasteiger charge is 2.66. The third-order valence-corrected chi connectivity index (χ3v) is 2.64. The molecule has 0 N–H and O–H groups in total. The quantitative estimate of drug-likeness (QED) is 0.208. The number of rotatable bonds is 8. The number of halogens is 20. The van der Waals surface area contributed by atoms with Gasteiger partial charge in [-0.25, -0.2) is 0 Å². The summed E-state index contributed by atoms with van der Waals surface area (Å²) < 4.78 is 220. The van der Waals surface area contributed by atoms with Gasteiger partial charge in [-0.15, -0.1) is 0 Å². The molecule has 0 radical (unpaired) electrons. The van der Waals surface area contributed by atoms with Gasteiger partial charge in [0.25, 0.3) is 10.6 Å². The van der Waals surface area contributed by atoms with Crippen LogP contribution in [0.2, 0.25) is 0 Å². The normalized spacial score (nSPS) is 14.2. The molecule has 0 rings (SSSR count). The lowest BCUT2D eigenvalue weighted by molar-refractivity contribution is -0.331.